The molecule has 0 bridgehead atoms. The summed E-state index contributed by atoms with van der Waals surface area (Å²) in [6, 6.07) is 0. The molecule has 0 saturated carbocycles. The molecule has 0 aromatic heterocycles. The summed E-state index contributed by atoms with van der Waals surface area (Å²) >= 11 is 0. The number of ether oxygens (including phenoxy) is 2. The van der Waals surface area contributed by atoms with Crippen molar-refractivity contribution in [3.05, 3.63) is 0 Å². The van der Waals surface area contributed by atoms with Crippen molar-refractivity contribution >= 4 is 18.4 Å². The van der Waals surface area contributed by atoms with E-state index in [-0.39, 0.29) is 18.1 Å². The van der Waals surface area contributed by atoms with Crippen molar-refractivity contribution in [1.29, 1.82) is 0 Å². The predicted molar refractivity (Wildman–Crippen MR) is 70.6 cm³/mol. The third kappa shape index (κ3) is 4.54. The fourth-order valence-electron chi connectivity index (χ4n) is 2.13. The van der Waals surface area contributed by atoms with Crippen molar-refractivity contribution in [2.24, 2.45) is 5.92 Å². The number of nitrogens with zero attached hydrogens (tertiary/aromatic N) is 2. The molecule has 0 radical (unpaired) electrons. The van der Waals surface area contributed by atoms with Gasteiger partial charge in [-0.3, -0.25) is 0 Å². The van der Waals surface area contributed by atoms with Crippen molar-refractivity contribution < 1.29 is 23.6 Å². The number of carbonyl (C=O) groups excluding carboxylic acids is 2. The number of rotatable bonds is 5. The lowest BCUT2D eigenvalue weighted by molar-refractivity contribution is -0.432. The normalized spacial score (nSPS) is 17.8. The van der Waals surface area contributed by atoms with Crippen LogP contribution >= 0.6 is 0 Å². The molecule has 1 atom stereocenters. The van der Waals surface area contributed by atoms with E-state index in [0.29, 0.717) is 19.6 Å². The first-order valence-electron chi connectivity index (χ1n) is 6.64. The molecule has 0 aliphatic carbocycles. The summed E-state index contributed by atoms with van der Waals surface area (Å²) in [7, 11) is 2.76. The molecule has 1 aliphatic heterocycles. The van der Waals surface area contributed by atoms with Gasteiger partial charge in [0.1, 0.15) is 0 Å². The first kappa shape index (κ1) is 15.5. The lowest BCUT2D eigenvalue weighted by Gasteiger charge is -2.22. The van der Waals surface area contributed by atoms with Gasteiger partial charge in [-0.05, 0) is 6.42 Å². The number of carbonyl (C=O) groups is 2. The van der Waals surface area contributed by atoms with Crippen molar-refractivity contribution in [2.45, 2.75) is 26.2 Å². The monoisotopic (exact) mass is 271 g/mol. The third-order valence-electron chi connectivity index (χ3n) is 3.21. The summed E-state index contributed by atoms with van der Waals surface area (Å²) in [4.78, 5) is 24.7. The van der Waals surface area contributed by atoms with E-state index in [2.05, 4.69) is 11.7 Å². The second-order valence-electron chi connectivity index (χ2n) is 4.63. The van der Waals surface area contributed by atoms with Gasteiger partial charge in [0.25, 0.3) is 0 Å². The molecule has 1 unspecified atom stereocenters. The van der Waals surface area contributed by atoms with Crippen LogP contribution in [0.25, 0.3) is 0 Å². The molecule has 1 heterocycles. The highest BCUT2D eigenvalue weighted by molar-refractivity contribution is 5.71. The molecule has 0 aromatic rings. The molecule has 0 spiro atoms. The highest BCUT2D eigenvalue weighted by Gasteiger charge is 2.31. The van der Waals surface area contributed by atoms with Crippen LogP contribution in [0.1, 0.15) is 26.2 Å². The lowest BCUT2D eigenvalue weighted by atomic mass is 10.1. The van der Waals surface area contributed by atoms with Crippen molar-refractivity contribution in [3.8, 4) is 0 Å². The highest BCUT2D eigenvalue weighted by atomic mass is 16.5. The van der Waals surface area contributed by atoms with E-state index in [0.717, 1.165) is 19.3 Å². The van der Waals surface area contributed by atoms with E-state index in [4.69, 9.17) is 4.74 Å². The van der Waals surface area contributed by atoms with Crippen LogP contribution in [0.5, 0.6) is 0 Å². The van der Waals surface area contributed by atoms with Gasteiger partial charge in [0.15, 0.2) is 12.8 Å². The Balaban J connectivity index is 2.57. The minimum atomic E-state index is -0.347. The Morgan fingerprint density at radius 3 is 2.68 bits per heavy atom. The standard InChI is InChI=1S/C13H23N2O4/c1-4-5-7-14(12(16)18-2)9-11-6-8-15(10-11)13(17)19-3/h10-11H,4-9H2,1-3H3/q+1. The van der Waals surface area contributed by atoms with Crippen LogP contribution in [0.15, 0.2) is 0 Å². The number of methoxy groups -OCH3 is 2. The van der Waals surface area contributed by atoms with Gasteiger partial charge in [-0.1, -0.05) is 13.3 Å². The zero-order valence-corrected chi connectivity index (χ0v) is 11.9. The zero-order valence-electron chi connectivity index (χ0n) is 11.9. The molecular weight excluding hydrogens is 248 g/mol. The molecule has 6 heteroatoms. The molecule has 0 saturated heterocycles. The molecule has 0 aromatic carbocycles. The van der Waals surface area contributed by atoms with Gasteiger partial charge < -0.3 is 14.4 Å². The van der Waals surface area contributed by atoms with Crippen molar-refractivity contribution in [2.75, 3.05) is 33.9 Å². The Morgan fingerprint density at radius 1 is 1.37 bits per heavy atom. The maximum atomic E-state index is 11.7. The molecular formula is C13H23N2O4+. The molecule has 19 heavy (non-hydrogen) atoms. The molecule has 108 valence electrons. The first-order chi connectivity index (χ1) is 9.12. The smallest absolute Gasteiger partial charge is 0.453 e. The van der Waals surface area contributed by atoms with Crippen LogP contribution in [-0.2, 0) is 9.47 Å². The topological polar surface area (TPSA) is 58.8 Å². The summed E-state index contributed by atoms with van der Waals surface area (Å²) in [6.07, 6.45) is 4.00. The Kier molecular flexibility index (Phi) is 6.32. The molecule has 1 aliphatic rings. The second kappa shape index (κ2) is 7.76. The highest BCUT2D eigenvalue weighted by Crippen LogP contribution is 2.12. The number of hydrogen-bond acceptors (Lipinski definition) is 4. The van der Waals surface area contributed by atoms with Crippen molar-refractivity contribution in [1.82, 2.24) is 4.90 Å². The van der Waals surface area contributed by atoms with Crippen molar-refractivity contribution in [3.63, 3.8) is 0 Å². The Morgan fingerprint density at radius 2 is 2.11 bits per heavy atom. The minimum absolute atomic E-state index is 0.176. The van der Waals surface area contributed by atoms with Gasteiger partial charge in [-0.2, -0.15) is 4.79 Å². The van der Waals surface area contributed by atoms with E-state index in [1.54, 1.807) is 9.48 Å². The number of hydrogen-bond donors (Lipinski definition) is 0. The van der Waals surface area contributed by atoms with Gasteiger partial charge in [0.2, 0.25) is 0 Å². The quantitative estimate of drug-likeness (QED) is 0.714. The maximum Gasteiger partial charge on any atom is 0.595 e. The lowest BCUT2D eigenvalue weighted by Crippen LogP contribution is -2.36. The molecule has 1 rings (SSSR count). The first-order valence-corrected chi connectivity index (χ1v) is 6.64. The van der Waals surface area contributed by atoms with Crippen LogP contribution in [0.3, 0.4) is 0 Å². The summed E-state index contributed by atoms with van der Waals surface area (Å²) in [5.41, 5.74) is 0. The summed E-state index contributed by atoms with van der Waals surface area (Å²) in [6.45, 7) is 3.99. The van der Waals surface area contributed by atoms with Crippen LogP contribution in [0, 0.1) is 5.92 Å². The molecule has 0 fully saturated rings. The van der Waals surface area contributed by atoms with E-state index < -0.39 is 0 Å². The van der Waals surface area contributed by atoms with E-state index >= 15 is 0 Å². The minimum Gasteiger partial charge on any atom is -0.453 e. The molecule has 6 nitrogen and oxygen atoms in total. The third-order valence-corrected chi connectivity index (χ3v) is 3.21. The van der Waals surface area contributed by atoms with Gasteiger partial charge in [0, 0.05) is 19.5 Å². The van der Waals surface area contributed by atoms with E-state index in [9.17, 15) is 9.59 Å². The summed E-state index contributed by atoms with van der Waals surface area (Å²) < 4.78 is 11.0. The van der Waals surface area contributed by atoms with Gasteiger partial charge in [-0.25, -0.2) is 4.79 Å². The van der Waals surface area contributed by atoms with Gasteiger partial charge in [0.05, 0.1) is 20.1 Å². The Bertz CT molecular complexity index is 355. The number of amides is 2. The number of unbranched alkanes of at least 4 members (excludes halogenated alkanes) is 1. The SMILES string of the molecule is CCCCN(CC1C=[N+](C(=O)OC)CC1)C(=O)OC. The fourth-order valence-corrected chi connectivity index (χ4v) is 2.13. The fraction of sp³-hybridized carbons (Fsp3) is 0.769. The van der Waals surface area contributed by atoms with E-state index in [1.807, 2.05) is 6.21 Å². The average Bonchev–Trinajstić information content (AvgIpc) is 2.90. The van der Waals surface area contributed by atoms with Crippen LogP contribution in [0.4, 0.5) is 9.59 Å². The van der Waals surface area contributed by atoms with Crippen LogP contribution in [-0.4, -0.2) is 61.7 Å². The molecule has 0 N–H and O–H groups in total. The second-order valence-corrected chi connectivity index (χ2v) is 4.63. The predicted octanol–water partition coefficient (Wildman–Crippen LogP) is 1.72. The van der Waals surface area contributed by atoms with Crippen LogP contribution < -0.4 is 0 Å². The Labute approximate surface area is 114 Å². The van der Waals surface area contributed by atoms with Gasteiger partial charge in [-0.15, -0.1) is 4.58 Å². The zero-order chi connectivity index (χ0) is 14.3. The largest absolute Gasteiger partial charge is 0.595 e. The average molecular weight is 271 g/mol. The summed E-state index contributed by atoms with van der Waals surface area (Å²) in [5.74, 6) is 0.176. The van der Waals surface area contributed by atoms with Crippen LogP contribution in [0.2, 0.25) is 0 Å². The Hall–Kier alpha value is -1.59. The van der Waals surface area contributed by atoms with Gasteiger partial charge >= 0.3 is 12.2 Å². The van der Waals surface area contributed by atoms with E-state index in [1.165, 1.54) is 14.2 Å². The molecule has 2 amide bonds. The maximum absolute atomic E-state index is 11.7. The summed E-state index contributed by atoms with van der Waals surface area (Å²) in [5, 5.41) is 0.